The van der Waals surface area contributed by atoms with Gasteiger partial charge >= 0.3 is 0 Å². The van der Waals surface area contributed by atoms with Crippen molar-refractivity contribution in [2.24, 2.45) is 0 Å². The number of benzene rings is 1. The second-order valence-corrected chi connectivity index (χ2v) is 5.27. The van der Waals surface area contributed by atoms with E-state index in [2.05, 4.69) is 51.8 Å². The normalized spacial score (nSPS) is 26.6. The van der Waals surface area contributed by atoms with Gasteiger partial charge in [0.15, 0.2) is 0 Å². The SMILES string of the molecule is Cc1c(C)c(C)c2c(c1C)C1C=CC2N1C. The van der Waals surface area contributed by atoms with Crippen LogP contribution >= 0.6 is 0 Å². The van der Waals surface area contributed by atoms with E-state index < -0.39 is 0 Å². The minimum absolute atomic E-state index is 0.526. The predicted molar refractivity (Wildman–Crippen MR) is 67.8 cm³/mol. The number of likely N-dealkylation sites (N-methyl/N-ethyl adjacent to an activating group) is 1. The molecule has 0 saturated heterocycles. The van der Waals surface area contributed by atoms with E-state index in [9.17, 15) is 0 Å². The van der Waals surface area contributed by atoms with Gasteiger partial charge in [-0.3, -0.25) is 4.90 Å². The van der Waals surface area contributed by atoms with Gasteiger partial charge in [0.25, 0.3) is 0 Å². The van der Waals surface area contributed by atoms with Crippen LogP contribution in [0.2, 0.25) is 0 Å². The molecule has 0 N–H and O–H groups in total. The third-order valence-corrected chi connectivity index (χ3v) is 4.73. The van der Waals surface area contributed by atoms with Crippen molar-refractivity contribution < 1.29 is 0 Å². The molecule has 1 nitrogen and oxygen atoms in total. The summed E-state index contributed by atoms with van der Waals surface area (Å²) in [6, 6.07) is 1.05. The first kappa shape index (κ1) is 10.1. The van der Waals surface area contributed by atoms with Crippen LogP contribution in [-0.4, -0.2) is 11.9 Å². The molecule has 84 valence electrons. The lowest BCUT2D eigenvalue weighted by Crippen LogP contribution is -2.13. The van der Waals surface area contributed by atoms with Crippen molar-refractivity contribution in [3.05, 3.63) is 45.5 Å². The lowest BCUT2D eigenvalue weighted by molar-refractivity contribution is 0.299. The number of fused-ring (bicyclic) bond motifs is 5. The van der Waals surface area contributed by atoms with Gasteiger partial charge in [0.05, 0.1) is 12.1 Å². The van der Waals surface area contributed by atoms with E-state index in [4.69, 9.17) is 0 Å². The van der Waals surface area contributed by atoms with E-state index in [0.717, 1.165) is 0 Å². The Kier molecular flexibility index (Phi) is 1.88. The van der Waals surface area contributed by atoms with E-state index >= 15 is 0 Å². The van der Waals surface area contributed by atoms with Gasteiger partial charge < -0.3 is 0 Å². The minimum Gasteiger partial charge on any atom is -0.285 e. The molecule has 2 aliphatic heterocycles. The Hall–Kier alpha value is -1.08. The van der Waals surface area contributed by atoms with E-state index in [-0.39, 0.29) is 0 Å². The van der Waals surface area contributed by atoms with Crippen LogP contribution in [-0.2, 0) is 0 Å². The molecule has 2 unspecified atom stereocenters. The highest BCUT2D eigenvalue weighted by Crippen LogP contribution is 2.51. The van der Waals surface area contributed by atoms with Crippen molar-refractivity contribution in [1.82, 2.24) is 4.90 Å². The fourth-order valence-corrected chi connectivity index (χ4v) is 3.39. The third-order valence-electron chi connectivity index (χ3n) is 4.73. The molecule has 3 rings (SSSR count). The first-order chi connectivity index (χ1) is 7.54. The van der Waals surface area contributed by atoms with E-state index in [1.807, 2.05) is 0 Å². The molecule has 2 atom stereocenters. The van der Waals surface area contributed by atoms with Gasteiger partial charge in [-0.15, -0.1) is 0 Å². The first-order valence-corrected chi connectivity index (χ1v) is 6.04. The van der Waals surface area contributed by atoms with Gasteiger partial charge in [-0.1, -0.05) is 12.2 Å². The summed E-state index contributed by atoms with van der Waals surface area (Å²) in [4.78, 5) is 2.48. The monoisotopic (exact) mass is 213 g/mol. The smallest absolute Gasteiger partial charge is 0.0544 e. The summed E-state index contributed by atoms with van der Waals surface area (Å²) in [6.45, 7) is 9.08. The van der Waals surface area contributed by atoms with E-state index in [0.29, 0.717) is 12.1 Å². The molecule has 2 aliphatic rings. The van der Waals surface area contributed by atoms with Gasteiger partial charge in [0.2, 0.25) is 0 Å². The van der Waals surface area contributed by atoms with Gasteiger partial charge in [0.1, 0.15) is 0 Å². The van der Waals surface area contributed by atoms with Crippen molar-refractivity contribution in [2.75, 3.05) is 7.05 Å². The molecule has 1 heteroatoms. The standard InChI is InChI=1S/C15H19N/c1-8-9(2)11(4)15-13-7-6-12(16(13)5)14(15)10(8)3/h6-7,12-13H,1-5H3. The predicted octanol–water partition coefficient (Wildman–Crippen LogP) is 3.52. The summed E-state index contributed by atoms with van der Waals surface area (Å²) in [7, 11) is 2.24. The zero-order valence-corrected chi connectivity index (χ0v) is 10.8. The zero-order valence-electron chi connectivity index (χ0n) is 10.8. The van der Waals surface area contributed by atoms with Crippen LogP contribution in [0.1, 0.15) is 45.5 Å². The Morgan fingerprint density at radius 1 is 0.750 bits per heavy atom. The van der Waals surface area contributed by atoms with Gasteiger partial charge in [0, 0.05) is 0 Å². The molecule has 0 radical (unpaired) electrons. The van der Waals surface area contributed by atoms with Crippen molar-refractivity contribution in [3.63, 3.8) is 0 Å². The highest BCUT2D eigenvalue weighted by Gasteiger charge is 2.40. The summed E-state index contributed by atoms with van der Waals surface area (Å²) < 4.78 is 0. The maximum absolute atomic E-state index is 2.48. The average molecular weight is 213 g/mol. The maximum Gasteiger partial charge on any atom is 0.0544 e. The molecule has 1 aromatic carbocycles. The largest absolute Gasteiger partial charge is 0.285 e. The molecular formula is C15H19N. The maximum atomic E-state index is 2.48. The Balaban J connectivity index is 2.37. The fourth-order valence-electron chi connectivity index (χ4n) is 3.39. The second kappa shape index (κ2) is 2.98. The van der Waals surface area contributed by atoms with Crippen molar-refractivity contribution in [2.45, 2.75) is 39.8 Å². The van der Waals surface area contributed by atoms with Crippen LogP contribution in [0.3, 0.4) is 0 Å². The Morgan fingerprint density at radius 2 is 1.12 bits per heavy atom. The van der Waals surface area contributed by atoms with Crippen LogP contribution in [0.4, 0.5) is 0 Å². The van der Waals surface area contributed by atoms with Crippen LogP contribution in [0.15, 0.2) is 12.2 Å². The molecule has 0 aromatic heterocycles. The van der Waals surface area contributed by atoms with Gasteiger partial charge in [-0.05, 0) is 68.1 Å². The zero-order chi connectivity index (χ0) is 11.6. The van der Waals surface area contributed by atoms with Gasteiger partial charge in [-0.25, -0.2) is 0 Å². The molecule has 0 aliphatic carbocycles. The molecule has 1 aromatic rings. The highest BCUT2D eigenvalue weighted by atomic mass is 15.2. The average Bonchev–Trinajstić information content (AvgIpc) is 2.77. The minimum atomic E-state index is 0.526. The molecular weight excluding hydrogens is 194 g/mol. The fraction of sp³-hybridized carbons (Fsp3) is 0.467. The molecule has 2 heterocycles. The quantitative estimate of drug-likeness (QED) is 0.596. The molecule has 16 heavy (non-hydrogen) atoms. The van der Waals surface area contributed by atoms with Crippen LogP contribution in [0.5, 0.6) is 0 Å². The van der Waals surface area contributed by atoms with E-state index in [1.54, 1.807) is 11.1 Å². The van der Waals surface area contributed by atoms with Gasteiger partial charge in [-0.2, -0.15) is 0 Å². The van der Waals surface area contributed by atoms with Crippen molar-refractivity contribution >= 4 is 0 Å². The highest BCUT2D eigenvalue weighted by molar-refractivity contribution is 5.58. The molecule has 0 spiro atoms. The molecule has 0 saturated carbocycles. The Labute approximate surface area is 97.8 Å². The van der Waals surface area contributed by atoms with Crippen LogP contribution in [0, 0.1) is 27.7 Å². The third kappa shape index (κ3) is 0.952. The van der Waals surface area contributed by atoms with Crippen LogP contribution in [0.25, 0.3) is 0 Å². The van der Waals surface area contributed by atoms with Crippen LogP contribution < -0.4 is 0 Å². The van der Waals surface area contributed by atoms with Crippen molar-refractivity contribution in [3.8, 4) is 0 Å². The summed E-state index contributed by atoms with van der Waals surface area (Å²) in [5, 5.41) is 0. The number of nitrogens with zero attached hydrogens (tertiary/aromatic N) is 1. The second-order valence-electron chi connectivity index (χ2n) is 5.27. The number of hydrogen-bond donors (Lipinski definition) is 0. The van der Waals surface area contributed by atoms with E-state index in [1.165, 1.54) is 22.3 Å². The molecule has 2 bridgehead atoms. The lowest BCUT2D eigenvalue weighted by Gasteiger charge is -2.20. The summed E-state index contributed by atoms with van der Waals surface area (Å²) in [6.07, 6.45) is 4.71. The van der Waals surface area contributed by atoms with Crippen molar-refractivity contribution in [1.29, 1.82) is 0 Å². The molecule has 0 fully saturated rings. The summed E-state index contributed by atoms with van der Waals surface area (Å²) in [5.41, 5.74) is 9.12. The number of rotatable bonds is 0. The lowest BCUT2D eigenvalue weighted by atomic mass is 9.84. The Morgan fingerprint density at radius 3 is 1.50 bits per heavy atom. The summed E-state index contributed by atoms with van der Waals surface area (Å²) >= 11 is 0. The summed E-state index contributed by atoms with van der Waals surface area (Å²) in [5.74, 6) is 0. The Bertz CT molecular complexity index is 466. The number of hydrogen-bond acceptors (Lipinski definition) is 1. The topological polar surface area (TPSA) is 3.24 Å². The molecule has 0 amide bonds. The first-order valence-electron chi connectivity index (χ1n) is 6.04.